The summed E-state index contributed by atoms with van der Waals surface area (Å²) in [6.07, 6.45) is 23.7. The second-order valence-electron chi connectivity index (χ2n) is 14.2. The molecule has 6 atom stereocenters. The number of rotatable bonds is 37. The van der Waals surface area contributed by atoms with E-state index in [1.165, 1.54) is 89.9 Å². The van der Waals surface area contributed by atoms with E-state index in [1.807, 2.05) is 0 Å². The Labute approximate surface area is 328 Å². The molecule has 0 aliphatic carbocycles. The lowest BCUT2D eigenvalue weighted by atomic mass is 9.98. The molecule has 0 radical (unpaired) electrons. The van der Waals surface area contributed by atoms with Gasteiger partial charge in [-0.25, -0.2) is 4.57 Å². The Kier molecular flexibility index (Phi) is 31.6. The number of allylic oxidation sites excluding steroid dienone is 2. The summed E-state index contributed by atoms with van der Waals surface area (Å²) in [5.41, 5.74) is 0. The molecular formula is C42H77O11P. The molecule has 12 heteroatoms. The van der Waals surface area contributed by atoms with E-state index in [4.69, 9.17) is 37.3 Å². The molecule has 1 N–H and O–H groups in total. The molecular weight excluding hydrogens is 711 g/mol. The SMILES string of the molecule is C=CCOP(=O)(OCC=C)O[C@H]1[C@H](OCC[C@@H](CCCCCCC)OC)[C@@H](OC(=O)CCCCCCCCC/C=C\CCCCCC)[C@@H](O)O[C@@H]1COC. The van der Waals surface area contributed by atoms with E-state index < -0.39 is 44.5 Å². The largest absolute Gasteiger partial charge is 0.475 e. The van der Waals surface area contributed by atoms with Gasteiger partial charge in [0.1, 0.15) is 18.3 Å². The minimum absolute atomic E-state index is 0.0422. The summed E-state index contributed by atoms with van der Waals surface area (Å²) in [7, 11) is -1.09. The average molecular weight is 789 g/mol. The highest BCUT2D eigenvalue weighted by Gasteiger charge is 2.52. The molecule has 0 bridgehead atoms. The van der Waals surface area contributed by atoms with Crippen molar-refractivity contribution in [3.8, 4) is 0 Å². The van der Waals surface area contributed by atoms with Crippen LogP contribution >= 0.6 is 7.82 Å². The molecule has 1 heterocycles. The minimum Gasteiger partial charge on any atom is -0.454 e. The van der Waals surface area contributed by atoms with Crippen molar-refractivity contribution >= 4 is 13.8 Å². The van der Waals surface area contributed by atoms with Gasteiger partial charge in [0, 0.05) is 27.2 Å². The Bertz CT molecular complexity index is 993. The highest BCUT2D eigenvalue weighted by Crippen LogP contribution is 2.52. The first-order valence-corrected chi connectivity index (χ1v) is 22.4. The number of phosphoric ester groups is 1. The molecule has 316 valence electrons. The van der Waals surface area contributed by atoms with Crippen molar-refractivity contribution in [2.24, 2.45) is 0 Å². The van der Waals surface area contributed by atoms with Crippen LogP contribution in [0.2, 0.25) is 0 Å². The Balaban J connectivity index is 2.86. The number of methoxy groups -OCH3 is 2. The average Bonchev–Trinajstić information content (AvgIpc) is 3.16. The van der Waals surface area contributed by atoms with Crippen LogP contribution in [0.5, 0.6) is 0 Å². The third-order valence-corrected chi connectivity index (χ3v) is 10.9. The van der Waals surface area contributed by atoms with Crippen LogP contribution in [-0.4, -0.2) is 88.5 Å². The van der Waals surface area contributed by atoms with Gasteiger partial charge in [0.25, 0.3) is 0 Å². The van der Waals surface area contributed by atoms with E-state index in [2.05, 4.69) is 39.2 Å². The van der Waals surface area contributed by atoms with Crippen molar-refractivity contribution in [2.45, 2.75) is 185 Å². The molecule has 1 rings (SSSR count). The summed E-state index contributed by atoms with van der Waals surface area (Å²) >= 11 is 0. The van der Waals surface area contributed by atoms with Crippen molar-refractivity contribution in [1.82, 2.24) is 0 Å². The molecule has 1 aliphatic rings. The zero-order chi connectivity index (χ0) is 39.7. The number of hydrogen-bond acceptors (Lipinski definition) is 11. The zero-order valence-corrected chi connectivity index (χ0v) is 35.2. The number of aliphatic hydroxyl groups excluding tert-OH is 1. The highest BCUT2D eigenvalue weighted by atomic mass is 31.2. The van der Waals surface area contributed by atoms with Crippen LogP contribution in [-0.2, 0) is 46.6 Å². The summed E-state index contributed by atoms with van der Waals surface area (Å²) in [5, 5.41) is 11.2. The summed E-state index contributed by atoms with van der Waals surface area (Å²) < 4.78 is 59.9. The normalized spacial score (nSPS) is 21.0. The fourth-order valence-corrected chi connectivity index (χ4v) is 7.74. The predicted molar refractivity (Wildman–Crippen MR) is 215 cm³/mol. The monoisotopic (exact) mass is 789 g/mol. The molecule has 0 spiro atoms. The van der Waals surface area contributed by atoms with Crippen LogP contribution < -0.4 is 0 Å². The van der Waals surface area contributed by atoms with Crippen LogP contribution in [0.15, 0.2) is 37.5 Å². The van der Waals surface area contributed by atoms with Crippen LogP contribution in [0.3, 0.4) is 0 Å². The molecule has 1 saturated heterocycles. The lowest BCUT2D eigenvalue weighted by Gasteiger charge is -2.44. The van der Waals surface area contributed by atoms with Gasteiger partial charge in [-0.1, -0.05) is 122 Å². The van der Waals surface area contributed by atoms with Gasteiger partial charge >= 0.3 is 13.8 Å². The first kappa shape index (κ1) is 50.6. The first-order chi connectivity index (χ1) is 26.3. The molecule has 0 aromatic rings. The van der Waals surface area contributed by atoms with E-state index in [0.29, 0.717) is 12.8 Å². The van der Waals surface area contributed by atoms with Crippen LogP contribution in [0, 0.1) is 0 Å². The first-order valence-electron chi connectivity index (χ1n) is 20.9. The Hall–Kier alpha value is -1.40. The van der Waals surface area contributed by atoms with Crippen molar-refractivity contribution in [1.29, 1.82) is 0 Å². The van der Waals surface area contributed by atoms with Crippen molar-refractivity contribution in [2.75, 3.05) is 40.6 Å². The van der Waals surface area contributed by atoms with Gasteiger partial charge in [-0.05, 0) is 44.9 Å². The fraction of sp³-hybridized carbons (Fsp3) is 0.833. The summed E-state index contributed by atoms with van der Waals surface area (Å²) in [4.78, 5) is 13.2. The molecule has 0 saturated carbocycles. The van der Waals surface area contributed by atoms with Gasteiger partial charge in [0.2, 0.25) is 0 Å². The number of aliphatic hydroxyl groups is 1. The smallest absolute Gasteiger partial charge is 0.454 e. The third kappa shape index (κ3) is 23.6. The van der Waals surface area contributed by atoms with E-state index in [9.17, 15) is 14.5 Å². The van der Waals surface area contributed by atoms with E-state index in [1.54, 1.807) is 7.11 Å². The van der Waals surface area contributed by atoms with Crippen molar-refractivity contribution in [3.05, 3.63) is 37.5 Å². The van der Waals surface area contributed by atoms with E-state index in [-0.39, 0.29) is 39.0 Å². The van der Waals surface area contributed by atoms with Gasteiger partial charge in [0.15, 0.2) is 12.4 Å². The van der Waals surface area contributed by atoms with Gasteiger partial charge < -0.3 is 28.8 Å². The molecule has 11 nitrogen and oxygen atoms in total. The van der Waals surface area contributed by atoms with Crippen LogP contribution in [0.4, 0.5) is 0 Å². The van der Waals surface area contributed by atoms with Crippen molar-refractivity contribution < 1.29 is 51.7 Å². The van der Waals surface area contributed by atoms with Gasteiger partial charge in [0.05, 0.1) is 25.9 Å². The van der Waals surface area contributed by atoms with Crippen LogP contribution in [0.25, 0.3) is 0 Å². The molecule has 0 amide bonds. The molecule has 54 heavy (non-hydrogen) atoms. The molecule has 0 aromatic carbocycles. The quantitative estimate of drug-likeness (QED) is 0.0280. The molecule has 1 fully saturated rings. The Morgan fingerprint density at radius 3 is 1.89 bits per heavy atom. The maximum Gasteiger partial charge on any atom is 0.475 e. The topological polar surface area (TPSA) is 128 Å². The van der Waals surface area contributed by atoms with Gasteiger partial charge in [-0.3, -0.25) is 18.4 Å². The number of carbonyl (C=O) groups excluding carboxylic acids is 1. The molecule has 0 unspecified atom stereocenters. The number of ether oxygens (including phenoxy) is 5. The van der Waals surface area contributed by atoms with Crippen LogP contribution in [0.1, 0.15) is 149 Å². The van der Waals surface area contributed by atoms with Gasteiger partial charge in [-0.15, -0.1) is 13.2 Å². The van der Waals surface area contributed by atoms with E-state index in [0.717, 1.165) is 44.9 Å². The minimum atomic E-state index is -4.24. The van der Waals surface area contributed by atoms with E-state index >= 15 is 0 Å². The lowest BCUT2D eigenvalue weighted by molar-refractivity contribution is -0.297. The Morgan fingerprint density at radius 1 is 0.759 bits per heavy atom. The maximum absolute atomic E-state index is 13.8. The number of phosphoric acid groups is 1. The number of esters is 1. The second kappa shape index (κ2) is 33.7. The Morgan fingerprint density at radius 2 is 1.31 bits per heavy atom. The number of carbonyl (C=O) groups is 1. The van der Waals surface area contributed by atoms with Crippen molar-refractivity contribution in [3.63, 3.8) is 0 Å². The highest BCUT2D eigenvalue weighted by molar-refractivity contribution is 7.48. The summed E-state index contributed by atoms with van der Waals surface area (Å²) in [5.74, 6) is -0.488. The predicted octanol–water partition coefficient (Wildman–Crippen LogP) is 10.3. The van der Waals surface area contributed by atoms with Gasteiger partial charge in [-0.2, -0.15) is 0 Å². The summed E-state index contributed by atoms with van der Waals surface area (Å²) in [6.45, 7) is 11.6. The third-order valence-electron chi connectivity index (χ3n) is 9.52. The summed E-state index contributed by atoms with van der Waals surface area (Å²) in [6, 6.07) is 0. The number of hydrogen-bond donors (Lipinski definition) is 1. The molecule has 0 aromatic heterocycles. The lowest BCUT2D eigenvalue weighted by Crippen LogP contribution is -2.61. The zero-order valence-electron chi connectivity index (χ0n) is 34.3. The fourth-order valence-electron chi connectivity index (χ4n) is 6.41. The molecule has 1 aliphatic heterocycles. The second-order valence-corrected chi connectivity index (χ2v) is 15.8. The maximum atomic E-state index is 13.8. The number of unbranched alkanes of at least 4 members (excludes halogenated alkanes) is 15. The standard InChI is InChI=1S/C42H77O11P/c1-7-11-13-15-16-17-18-19-20-21-22-23-24-26-28-30-38(43)52-41-40(48-34-31-36(47-6)29-27-25-14-12-8-2)39(37(35-46-5)51-42(41)44)53-54(45,49-32-9-3)50-33-10-4/h9-10,17-18,36-37,39-42,44H,3-4,7-8,11-16,19-35H2,1-2,5-6H3/b18-17-/t36-,37-,39-,40+,41-,42+/m1/s1.